The van der Waals surface area contributed by atoms with E-state index in [2.05, 4.69) is 20.1 Å². The van der Waals surface area contributed by atoms with Gasteiger partial charge in [0.1, 0.15) is 16.7 Å². The smallest absolute Gasteiger partial charge is 0.307 e. The van der Waals surface area contributed by atoms with Gasteiger partial charge in [0.05, 0.1) is 18.4 Å². The molecule has 0 atom stereocenters. The molecule has 28 heavy (non-hydrogen) atoms. The van der Waals surface area contributed by atoms with Crippen molar-refractivity contribution in [3.05, 3.63) is 70.9 Å². The quantitative estimate of drug-likeness (QED) is 0.519. The maximum atomic E-state index is 14.1. The van der Waals surface area contributed by atoms with Crippen molar-refractivity contribution in [2.45, 2.75) is 13.0 Å². The minimum atomic E-state index is -1.03. The zero-order valence-electron chi connectivity index (χ0n) is 14.4. The van der Waals surface area contributed by atoms with Crippen molar-refractivity contribution >= 4 is 28.6 Å². The lowest BCUT2D eigenvalue weighted by Gasteiger charge is -2.04. The maximum Gasteiger partial charge on any atom is 0.307 e. The average Bonchev–Trinajstić information content (AvgIpc) is 3.04. The van der Waals surface area contributed by atoms with Gasteiger partial charge in [-0.3, -0.25) is 4.79 Å². The van der Waals surface area contributed by atoms with Crippen molar-refractivity contribution in [1.29, 1.82) is 0 Å². The van der Waals surface area contributed by atoms with E-state index in [1.807, 2.05) is 6.07 Å². The van der Waals surface area contributed by atoms with Crippen molar-refractivity contribution in [2.75, 3.05) is 0 Å². The Balaban J connectivity index is 1.79. The second kappa shape index (κ2) is 7.32. The van der Waals surface area contributed by atoms with Gasteiger partial charge in [-0.05, 0) is 18.2 Å². The number of pyridine rings is 1. The zero-order chi connectivity index (χ0) is 19.7. The van der Waals surface area contributed by atoms with Gasteiger partial charge < -0.3 is 5.11 Å². The highest BCUT2D eigenvalue weighted by Crippen LogP contribution is 2.26. The van der Waals surface area contributed by atoms with Crippen LogP contribution in [-0.2, 0) is 17.8 Å². The van der Waals surface area contributed by atoms with Crippen LogP contribution in [0.15, 0.2) is 48.8 Å². The molecule has 0 bridgehead atoms. The zero-order valence-corrected chi connectivity index (χ0v) is 15.1. The lowest BCUT2D eigenvalue weighted by Crippen LogP contribution is -2.05. The summed E-state index contributed by atoms with van der Waals surface area (Å²) < 4.78 is 15.6. The Kier molecular flexibility index (Phi) is 4.70. The molecule has 0 unspecified atom stereocenters. The van der Waals surface area contributed by atoms with Gasteiger partial charge >= 0.3 is 5.97 Å². The van der Waals surface area contributed by atoms with Gasteiger partial charge in [0, 0.05) is 23.5 Å². The highest BCUT2D eigenvalue weighted by atomic mass is 35.5. The summed E-state index contributed by atoms with van der Waals surface area (Å²) in [6.45, 7) is 0.186. The van der Waals surface area contributed by atoms with Gasteiger partial charge in [0.25, 0.3) is 0 Å². The van der Waals surface area contributed by atoms with Crippen LogP contribution in [0.3, 0.4) is 0 Å². The Morgan fingerprint density at radius 2 is 1.96 bits per heavy atom. The fraction of sp³-hybridized carbons (Fsp3) is 0.105. The summed E-state index contributed by atoms with van der Waals surface area (Å²) in [6, 6.07) is 10.0. The molecule has 140 valence electrons. The fourth-order valence-corrected chi connectivity index (χ4v) is 3.05. The first kappa shape index (κ1) is 18.0. The molecule has 3 heterocycles. The molecule has 0 spiro atoms. The van der Waals surface area contributed by atoms with Crippen LogP contribution in [0.5, 0.6) is 0 Å². The SMILES string of the molecule is O=C(O)Cc1cnc(-c2nn(Cc3ccccc3F)c3ncccc23)nc1Cl. The second-order valence-corrected chi connectivity index (χ2v) is 6.41. The molecule has 0 aliphatic carbocycles. The van der Waals surface area contributed by atoms with E-state index in [1.54, 1.807) is 35.1 Å². The monoisotopic (exact) mass is 397 g/mol. The number of carbonyl (C=O) groups is 1. The largest absolute Gasteiger partial charge is 0.481 e. The first-order valence-electron chi connectivity index (χ1n) is 8.31. The summed E-state index contributed by atoms with van der Waals surface area (Å²) in [7, 11) is 0. The number of fused-ring (bicyclic) bond motifs is 1. The molecule has 0 saturated carbocycles. The number of aliphatic carboxylic acids is 1. The summed E-state index contributed by atoms with van der Waals surface area (Å²) in [5.74, 6) is -1.12. The Labute approximate surface area is 163 Å². The number of aromatic nitrogens is 5. The Morgan fingerprint density at radius 1 is 1.14 bits per heavy atom. The Bertz CT molecular complexity index is 1190. The predicted octanol–water partition coefficient (Wildman–Crippen LogP) is 3.36. The third-order valence-corrected chi connectivity index (χ3v) is 4.48. The number of halogens is 2. The van der Waals surface area contributed by atoms with Gasteiger partial charge in [0.2, 0.25) is 0 Å². The molecule has 4 rings (SSSR count). The molecule has 9 heteroatoms. The maximum absolute atomic E-state index is 14.1. The lowest BCUT2D eigenvalue weighted by atomic mass is 10.2. The summed E-state index contributed by atoms with van der Waals surface area (Å²) >= 11 is 6.12. The molecule has 4 aromatic rings. The molecule has 0 saturated heterocycles. The van der Waals surface area contributed by atoms with Gasteiger partial charge in [-0.1, -0.05) is 29.8 Å². The molecule has 0 aliphatic heterocycles. The summed E-state index contributed by atoms with van der Waals surface area (Å²) in [6.07, 6.45) is 2.72. The number of nitrogens with zero attached hydrogens (tertiary/aromatic N) is 5. The van der Waals surface area contributed by atoms with Crippen molar-refractivity contribution in [1.82, 2.24) is 24.7 Å². The number of rotatable bonds is 5. The van der Waals surface area contributed by atoms with Crippen LogP contribution >= 0.6 is 11.6 Å². The van der Waals surface area contributed by atoms with Crippen molar-refractivity contribution < 1.29 is 14.3 Å². The van der Waals surface area contributed by atoms with E-state index in [9.17, 15) is 9.18 Å². The Morgan fingerprint density at radius 3 is 2.71 bits per heavy atom. The topological polar surface area (TPSA) is 93.8 Å². The molecule has 3 aromatic heterocycles. The summed E-state index contributed by atoms with van der Waals surface area (Å²) in [4.78, 5) is 23.6. The molecule has 0 radical (unpaired) electrons. The molecule has 0 fully saturated rings. The molecule has 0 amide bonds. The molecular formula is C19H13ClFN5O2. The predicted molar refractivity (Wildman–Crippen MR) is 100 cm³/mol. The second-order valence-electron chi connectivity index (χ2n) is 6.05. The molecule has 1 aromatic carbocycles. The Hall–Kier alpha value is -3.39. The van der Waals surface area contributed by atoms with Gasteiger partial charge in [-0.25, -0.2) is 24.0 Å². The summed E-state index contributed by atoms with van der Waals surface area (Å²) in [5, 5.41) is 14.2. The normalized spacial score (nSPS) is 11.1. The highest BCUT2D eigenvalue weighted by Gasteiger charge is 2.18. The van der Waals surface area contributed by atoms with Gasteiger partial charge in [-0.15, -0.1) is 0 Å². The molecule has 0 aliphatic rings. The van der Waals surface area contributed by atoms with E-state index in [0.29, 0.717) is 27.9 Å². The van der Waals surface area contributed by atoms with Crippen LogP contribution in [0.1, 0.15) is 11.1 Å². The van der Waals surface area contributed by atoms with E-state index >= 15 is 0 Å². The van der Waals surface area contributed by atoms with Crippen LogP contribution in [0.4, 0.5) is 4.39 Å². The first-order chi connectivity index (χ1) is 13.5. The highest BCUT2D eigenvalue weighted by molar-refractivity contribution is 6.30. The van der Waals surface area contributed by atoms with Crippen molar-refractivity contribution in [3.63, 3.8) is 0 Å². The minimum Gasteiger partial charge on any atom is -0.481 e. The van der Waals surface area contributed by atoms with Crippen LogP contribution in [-0.4, -0.2) is 35.8 Å². The van der Waals surface area contributed by atoms with Crippen molar-refractivity contribution in [3.8, 4) is 11.5 Å². The van der Waals surface area contributed by atoms with E-state index < -0.39 is 5.97 Å². The number of carboxylic acids is 1. The fourth-order valence-electron chi connectivity index (χ4n) is 2.85. The third-order valence-electron chi connectivity index (χ3n) is 4.15. The minimum absolute atomic E-state index is 0.0492. The number of hydrogen-bond donors (Lipinski definition) is 1. The van der Waals surface area contributed by atoms with E-state index in [1.165, 1.54) is 12.3 Å². The van der Waals surface area contributed by atoms with E-state index in [4.69, 9.17) is 16.7 Å². The van der Waals surface area contributed by atoms with Gasteiger partial charge in [-0.2, -0.15) is 5.10 Å². The number of hydrogen-bond acceptors (Lipinski definition) is 5. The van der Waals surface area contributed by atoms with Crippen LogP contribution in [0.25, 0.3) is 22.6 Å². The van der Waals surface area contributed by atoms with Crippen LogP contribution < -0.4 is 0 Å². The molecule has 1 N–H and O–H groups in total. The third kappa shape index (κ3) is 3.41. The number of benzene rings is 1. The summed E-state index contributed by atoms with van der Waals surface area (Å²) in [5.41, 5.74) is 1.77. The first-order valence-corrected chi connectivity index (χ1v) is 8.69. The number of carboxylic acid groups (broad SMARTS) is 1. The van der Waals surface area contributed by atoms with Gasteiger partial charge in [0.15, 0.2) is 11.5 Å². The molecular weight excluding hydrogens is 385 g/mol. The standard InChI is InChI=1S/C19H13ClFN5O2/c20-17-12(8-15(27)28)9-23-18(24-17)16-13-5-3-7-22-19(13)26(25-16)10-11-4-1-2-6-14(11)21/h1-7,9H,8,10H2,(H,27,28). The van der Waals surface area contributed by atoms with E-state index in [0.717, 1.165) is 0 Å². The van der Waals surface area contributed by atoms with E-state index in [-0.39, 0.29) is 29.8 Å². The van der Waals surface area contributed by atoms with Crippen LogP contribution in [0, 0.1) is 5.82 Å². The van der Waals surface area contributed by atoms with Crippen LogP contribution in [0.2, 0.25) is 5.15 Å². The molecule has 7 nitrogen and oxygen atoms in total. The van der Waals surface area contributed by atoms with Crippen molar-refractivity contribution in [2.24, 2.45) is 0 Å². The lowest BCUT2D eigenvalue weighted by molar-refractivity contribution is -0.136. The average molecular weight is 398 g/mol.